The first-order chi connectivity index (χ1) is 9.22. The van der Waals surface area contributed by atoms with Crippen molar-refractivity contribution >= 4 is 16.6 Å². The second kappa shape index (κ2) is 5.17. The lowest BCUT2D eigenvalue weighted by atomic mass is 9.98. The minimum Gasteiger partial charge on any atom is -0.382 e. The molecule has 1 aromatic carbocycles. The van der Waals surface area contributed by atoms with E-state index < -0.39 is 0 Å². The van der Waals surface area contributed by atoms with E-state index in [1.807, 2.05) is 12.3 Å². The van der Waals surface area contributed by atoms with Crippen LogP contribution in [0.25, 0.3) is 10.9 Å². The molecule has 19 heavy (non-hydrogen) atoms. The number of benzene rings is 1. The molecule has 2 heterocycles. The van der Waals surface area contributed by atoms with Gasteiger partial charge in [-0.05, 0) is 51.1 Å². The van der Waals surface area contributed by atoms with Crippen molar-refractivity contribution in [1.29, 1.82) is 0 Å². The Morgan fingerprint density at radius 3 is 3.05 bits per heavy atom. The maximum atomic E-state index is 4.36. The molecule has 0 saturated carbocycles. The third-order valence-electron chi connectivity index (χ3n) is 4.18. The zero-order chi connectivity index (χ0) is 13.2. The summed E-state index contributed by atoms with van der Waals surface area (Å²) >= 11 is 0. The van der Waals surface area contributed by atoms with Crippen LogP contribution in [0.3, 0.4) is 0 Å². The van der Waals surface area contributed by atoms with E-state index in [9.17, 15) is 0 Å². The van der Waals surface area contributed by atoms with Gasteiger partial charge in [0.05, 0.1) is 5.52 Å². The standard InChI is InChI=1S/C16H21N3/c1-12-10-15(7-9-19(12)2)18-14-5-6-16-13(11-14)4-3-8-17-16/h3-6,8,11-12,15,18H,7,9-10H2,1-2H3. The Morgan fingerprint density at radius 1 is 1.32 bits per heavy atom. The van der Waals surface area contributed by atoms with Crippen LogP contribution in [0, 0.1) is 0 Å². The lowest BCUT2D eigenvalue weighted by Gasteiger charge is -2.35. The fourth-order valence-corrected chi connectivity index (χ4v) is 2.82. The molecule has 100 valence electrons. The number of rotatable bonds is 2. The second-order valence-corrected chi connectivity index (χ2v) is 5.61. The Morgan fingerprint density at radius 2 is 2.21 bits per heavy atom. The van der Waals surface area contributed by atoms with Gasteiger partial charge in [0.25, 0.3) is 0 Å². The number of nitrogens with one attached hydrogen (secondary N) is 1. The molecule has 2 atom stereocenters. The summed E-state index contributed by atoms with van der Waals surface area (Å²) < 4.78 is 0. The molecule has 1 aromatic heterocycles. The molecule has 0 spiro atoms. The molecule has 3 heteroatoms. The highest BCUT2D eigenvalue weighted by Gasteiger charge is 2.22. The summed E-state index contributed by atoms with van der Waals surface area (Å²) in [5, 5.41) is 4.87. The summed E-state index contributed by atoms with van der Waals surface area (Å²) in [6.07, 6.45) is 4.27. The molecule has 0 bridgehead atoms. The minimum absolute atomic E-state index is 0.584. The van der Waals surface area contributed by atoms with E-state index in [4.69, 9.17) is 0 Å². The van der Waals surface area contributed by atoms with Gasteiger partial charge in [0.1, 0.15) is 0 Å². The number of likely N-dealkylation sites (tertiary alicyclic amines) is 1. The summed E-state index contributed by atoms with van der Waals surface area (Å²) in [4.78, 5) is 6.79. The van der Waals surface area contributed by atoms with Gasteiger partial charge >= 0.3 is 0 Å². The van der Waals surface area contributed by atoms with E-state index in [2.05, 4.69) is 53.4 Å². The zero-order valence-electron chi connectivity index (χ0n) is 11.6. The van der Waals surface area contributed by atoms with Crippen molar-refractivity contribution in [2.45, 2.75) is 31.8 Å². The minimum atomic E-state index is 0.584. The first kappa shape index (κ1) is 12.4. The van der Waals surface area contributed by atoms with Gasteiger partial charge in [0.2, 0.25) is 0 Å². The van der Waals surface area contributed by atoms with Crippen molar-refractivity contribution in [3.8, 4) is 0 Å². The predicted octanol–water partition coefficient (Wildman–Crippen LogP) is 3.13. The highest BCUT2D eigenvalue weighted by Crippen LogP contribution is 2.22. The van der Waals surface area contributed by atoms with Crippen LogP contribution in [0.1, 0.15) is 19.8 Å². The van der Waals surface area contributed by atoms with E-state index in [0.29, 0.717) is 12.1 Å². The molecule has 1 N–H and O–H groups in total. The molecular weight excluding hydrogens is 234 g/mol. The van der Waals surface area contributed by atoms with Gasteiger partial charge in [-0.3, -0.25) is 4.98 Å². The van der Waals surface area contributed by atoms with Gasteiger partial charge in [-0.1, -0.05) is 6.07 Å². The van der Waals surface area contributed by atoms with Gasteiger partial charge in [-0.15, -0.1) is 0 Å². The molecule has 3 rings (SSSR count). The number of pyridine rings is 1. The van der Waals surface area contributed by atoms with E-state index in [0.717, 1.165) is 5.52 Å². The number of fused-ring (bicyclic) bond motifs is 1. The SMILES string of the molecule is CC1CC(Nc2ccc3ncccc3c2)CCN1C. The molecule has 1 fully saturated rings. The molecular formula is C16H21N3. The summed E-state index contributed by atoms with van der Waals surface area (Å²) in [7, 11) is 2.21. The Labute approximate surface area is 114 Å². The average molecular weight is 255 g/mol. The number of nitrogens with zero attached hydrogens (tertiary/aromatic N) is 2. The molecule has 2 aromatic rings. The molecule has 1 saturated heterocycles. The molecule has 2 unspecified atom stereocenters. The predicted molar refractivity (Wildman–Crippen MR) is 80.5 cm³/mol. The molecule has 1 aliphatic heterocycles. The van der Waals surface area contributed by atoms with Crippen molar-refractivity contribution in [3.63, 3.8) is 0 Å². The van der Waals surface area contributed by atoms with Crippen LogP contribution in [0.4, 0.5) is 5.69 Å². The van der Waals surface area contributed by atoms with Gasteiger partial charge in [-0.25, -0.2) is 0 Å². The van der Waals surface area contributed by atoms with Crippen molar-refractivity contribution in [1.82, 2.24) is 9.88 Å². The molecule has 0 aliphatic carbocycles. The number of hydrogen-bond acceptors (Lipinski definition) is 3. The van der Waals surface area contributed by atoms with E-state index in [-0.39, 0.29) is 0 Å². The second-order valence-electron chi connectivity index (χ2n) is 5.61. The van der Waals surface area contributed by atoms with Crippen LogP contribution in [0.15, 0.2) is 36.5 Å². The monoisotopic (exact) mass is 255 g/mol. The molecule has 0 radical (unpaired) electrons. The topological polar surface area (TPSA) is 28.2 Å². The molecule has 3 nitrogen and oxygen atoms in total. The smallest absolute Gasteiger partial charge is 0.0703 e. The Kier molecular flexibility index (Phi) is 3.38. The van der Waals surface area contributed by atoms with Crippen molar-refractivity contribution in [2.75, 3.05) is 18.9 Å². The van der Waals surface area contributed by atoms with E-state index in [1.165, 1.54) is 30.5 Å². The van der Waals surface area contributed by atoms with Crippen molar-refractivity contribution in [3.05, 3.63) is 36.5 Å². The van der Waals surface area contributed by atoms with Crippen LogP contribution in [0.5, 0.6) is 0 Å². The maximum absolute atomic E-state index is 4.36. The normalized spacial score (nSPS) is 24.5. The van der Waals surface area contributed by atoms with Gasteiger partial charge in [-0.2, -0.15) is 0 Å². The largest absolute Gasteiger partial charge is 0.382 e. The first-order valence-electron chi connectivity index (χ1n) is 7.04. The fourth-order valence-electron chi connectivity index (χ4n) is 2.82. The van der Waals surface area contributed by atoms with Crippen LogP contribution >= 0.6 is 0 Å². The van der Waals surface area contributed by atoms with Gasteiger partial charge in [0.15, 0.2) is 0 Å². The maximum Gasteiger partial charge on any atom is 0.0703 e. The Balaban J connectivity index is 1.74. The summed E-state index contributed by atoms with van der Waals surface area (Å²) in [6.45, 7) is 3.48. The molecule has 1 aliphatic rings. The first-order valence-corrected chi connectivity index (χ1v) is 7.04. The summed E-state index contributed by atoms with van der Waals surface area (Å²) in [5.41, 5.74) is 2.27. The Hall–Kier alpha value is -1.61. The fraction of sp³-hybridized carbons (Fsp3) is 0.438. The highest BCUT2D eigenvalue weighted by molar-refractivity contribution is 5.82. The van der Waals surface area contributed by atoms with E-state index in [1.54, 1.807) is 0 Å². The van der Waals surface area contributed by atoms with Gasteiger partial charge < -0.3 is 10.2 Å². The summed E-state index contributed by atoms with van der Waals surface area (Å²) in [6, 6.07) is 11.8. The number of aromatic nitrogens is 1. The lowest BCUT2D eigenvalue weighted by molar-refractivity contribution is 0.190. The highest BCUT2D eigenvalue weighted by atomic mass is 15.1. The number of anilines is 1. The van der Waals surface area contributed by atoms with Crippen LogP contribution in [0.2, 0.25) is 0 Å². The third kappa shape index (κ3) is 2.71. The van der Waals surface area contributed by atoms with Crippen LogP contribution in [-0.4, -0.2) is 35.6 Å². The van der Waals surface area contributed by atoms with Crippen LogP contribution < -0.4 is 5.32 Å². The third-order valence-corrected chi connectivity index (χ3v) is 4.18. The zero-order valence-corrected chi connectivity index (χ0v) is 11.6. The van der Waals surface area contributed by atoms with Crippen LogP contribution in [-0.2, 0) is 0 Å². The Bertz CT molecular complexity index is 567. The van der Waals surface area contributed by atoms with Crippen molar-refractivity contribution < 1.29 is 0 Å². The average Bonchev–Trinajstić information content (AvgIpc) is 2.43. The van der Waals surface area contributed by atoms with Gasteiger partial charge in [0, 0.05) is 35.9 Å². The van der Waals surface area contributed by atoms with E-state index >= 15 is 0 Å². The summed E-state index contributed by atoms with van der Waals surface area (Å²) in [5.74, 6) is 0. The molecule has 0 amide bonds. The van der Waals surface area contributed by atoms with Crippen molar-refractivity contribution in [2.24, 2.45) is 0 Å². The number of hydrogen-bond donors (Lipinski definition) is 1. The number of piperidine rings is 1. The quantitative estimate of drug-likeness (QED) is 0.893. The lowest BCUT2D eigenvalue weighted by Crippen LogP contribution is -2.42.